The first kappa shape index (κ1) is 16.5. The zero-order chi connectivity index (χ0) is 15.2. The van der Waals surface area contributed by atoms with Gasteiger partial charge in [0.1, 0.15) is 5.60 Å². The van der Waals surface area contributed by atoms with E-state index in [-0.39, 0.29) is 12.5 Å². The fourth-order valence-corrected chi connectivity index (χ4v) is 2.46. The molecule has 0 spiro atoms. The van der Waals surface area contributed by atoms with E-state index < -0.39 is 17.7 Å². The van der Waals surface area contributed by atoms with Crippen molar-refractivity contribution in [1.29, 1.82) is 0 Å². The number of carbonyl (C=O) groups is 2. The maximum absolute atomic E-state index is 11.8. The summed E-state index contributed by atoms with van der Waals surface area (Å²) in [6.07, 6.45) is 0.507. The van der Waals surface area contributed by atoms with Crippen molar-refractivity contribution in [1.82, 2.24) is 5.32 Å². The summed E-state index contributed by atoms with van der Waals surface area (Å²) in [5.41, 5.74) is -0.565. The molecule has 112 valence electrons. The maximum Gasteiger partial charge on any atom is 0.407 e. The Morgan fingerprint density at radius 1 is 1.45 bits per heavy atom. The lowest BCUT2D eigenvalue weighted by Gasteiger charge is -2.23. The number of amides is 1. The number of thiophene rings is 1. The molecule has 5 nitrogen and oxygen atoms in total. The molecule has 0 radical (unpaired) electrons. The zero-order valence-corrected chi connectivity index (χ0v) is 12.8. The van der Waals surface area contributed by atoms with Gasteiger partial charge in [-0.1, -0.05) is 6.07 Å². The number of hydrogen-bond acceptors (Lipinski definition) is 4. The van der Waals surface area contributed by atoms with Gasteiger partial charge in [-0.15, -0.1) is 11.3 Å². The van der Waals surface area contributed by atoms with Crippen LogP contribution in [-0.2, 0) is 16.0 Å². The van der Waals surface area contributed by atoms with Crippen LogP contribution in [0.3, 0.4) is 0 Å². The first-order valence-electron chi connectivity index (χ1n) is 6.50. The van der Waals surface area contributed by atoms with Crippen molar-refractivity contribution >= 4 is 23.4 Å². The van der Waals surface area contributed by atoms with Crippen LogP contribution in [0.2, 0.25) is 0 Å². The van der Waals surface area contributed by atoms with E-state index in [0.29, 0.717) is 12.8 Å². The number of alkyl carbamates (subject to hydrolysis) is 1. The number of hydrogen-bond donors (Lipinski definition) is 2. The highest BCUT2D eigenvalue weighted by atomic mass is 32.1. The summed E-state index contributed by atoms with van der Waals surface area (Å²) in [4.78, 5) is 23.6. The molecule has 1 atom stereocenters. The molecule has 0 saturated heterocycles. The Kier molecular flexibility index (Phi) is 6.01. The van der Waals surface area contributed by atoms with Gasteiger partial charge in [0, 0.05) is 23.8 Å². The second-order valence-corrected chi connectivity index (χ2v) is 6.59. The Balaban J connectivity index is 2.57. The lowest BCUT2D eigenvalue weighted by molar-refractivity contribution is -0.137. The highest BCUT2D eigenvalue weighted by molar-refractivity contribution is 7.09. The Hall–Kier alpha value is -1.56. The average molecular weight is 299 g/mol. The van der Waals surface area contributed by atoms with Crippen LogP contribution in [0.25, 0.3) is 0 Å². The van der Waals surface area contributed by atoms with E-state index in [0.717, 1.165) is 4.88 Å². The largest absolute Gasteiger partial charge is 0.481 e. The van der Waals surface area contributed by atoms with E-state index in [2.05, 4.69) is 5.32 Å². The second kappa shape index (κ2) is 7.28. The molecule has 20 heavy (non-hydrogen) atoms. The average Bonchev–Trinajstić information content (AvgIpc) is 2.75. The first-order chi connectivity index (χ1) is 9.26. The molecule has 1 aromatic heterocycles. The van der Waals surface area contributed by atoms with E-state index >= 15 is 0 Å². The van der Waals surface area contributed by atoms with Crippen molar-refractivity contribution in [3.05, 3.63) is 22.4 Å². The minimum atomic E-state index is -0.868. The van der Waals surface area contributed by atoms with Gasteiger partial charge in [-0.25, -0.2) is 4.79 Å². The first-order valence-corrected chi connectivity index (χ1v) is 7.38. The molecular formula is C14H21NO4S. The van der Waals surface area contributed by atoms with Gasteiger partial charge in [-0.3, -0.25) is 4.79 Å². The van der Waals surface area contributed by atoms with Crippen molar-refractivity contribution in [2.24, 2.45) is 0 Å². The summed E-state index contributed by atoms with van der Waals surface area (Å²) < 4.78 is 5.20. The van der Waals surface area contributed by atoms with Crippen LogP contribution in [0.5, 0.6) is 0 Å². The molecule has 0 bridgehead atoms. The molecule has 0 aliphatic heterocycles. The molecule has 1 unspecified atom stereocenters. The highest BCUT2D eigenvalue weighted by Crippen LogP contribution is 2.14. The molecule has 1 heterocycles. The van der Waals surface area contributed by atoms with Crippen LogP contribution in [0.1, 0.15) is 38.5 Å². The predicted octanol–water partition coefficient (Wildman–Crippen LogP) is 3.05. The molecule has 2 N–H and O–H groups in total. The van der Waals surface area contributed by atoms with Gasteiger partial charge in [-0.05, 0) is 38.6 Å². The third kappa shape index (κ3) is 7.13. The Morgan fingerprint density at radius 2 is 2.15 bits per heavy atom. The van der Waals surface area contributed by atoms with Crippen LogP contribution >= 0.6 is 11.3 Å². The normalized spacial score (nSPS) is 12.8. The molecule has 1 amide bonds. The molecule has 0 aromatic carbocycles. The number of carboxylic acid groups (broad SMARTS) is 1. The predicted molar refractivity (Wildman–Crippen MR) is 78.1 cm³/mol. The van der Waals surface area contributed by atoms with Crippen LogP contribution in [-0.4, -0.2) is 28.8 Å². The van der Waals surface area contributed by atoms with Crippen LogP contribution in [0, 0.1) is 0 Å². The highest BCUT2D eigenvalue weighted by Gasteiger charge is 2.20. The molecule has 0 fully saturated rings. The van der Waals surface area contributed by atoms with E-state index in [1.165, 1.54) is 0 Å². The van der Waals surface area contributed by atoms with Crippen LogP contribution in [0.15, 0.2) is 17.5 Å². The third-order valence-electron chi connectivity index (χ3n) is 2.46. The van der Waals surface area contributed by atoms with Gasteiger partial charge in [0.05, 0.1) is 0 Å². The fourth-order valence-electron chi connectivity index (χ4n) is 1.67. The maximum atomic E-state index is 11.8. The number of aliphatic carboxylic acids is 1. The van der Waals surface area contributed by atoms with Crippen molar-refractivity contribution in [2.75, 3.05) is 0 Å². The minimum absolute atomic E-state index is 0.0197. The summed E-state index contributed by atoms with van der Waals surface area (Å²) in [5.74, 6) is -0.868. The fraction of sp³-hybridized carbons (Fsp3) is 0.571. The van der Waals surface area contributed by atoms with Gasteiger partial charge in [0.15, 0.2) is 0 Å². The lowest BCUT2D eigenvalue weighted by atomic mass is 10.1. The van der Waals surface area contributed by atoms with E-state index in [1.807, 2.05) is 17.5 Å². The quantitative estimate of drug-likeness (QED) is 0.846. The summed E-state index contributed by atoms with van der Waals surface area (Å²) in [5, 5.41) is 13.5. The summed E-state index contributed by atoms with van der Waals surface area (Å²) in [6.45, 7) is 5.37. The topological polar surface area (TPSA) is 75.6 Å². The van der Waals surface area contributed by atoms with Crippen molar-refractivity contribution in [3.8, 4) is 0 Å². The summed E-state index contributed by atoms with van der Waals surface area (Å²) >= 11 is 1.59. The third-order valence-corrected chi connectivity index (χ3v) is 3.35. The Bertz CT molecular complexity index is 437. The van der Waals surface area contributed by atoms with E-state index in [1.54, 1.807) is 32.1 Å². The molecule has 0 saturated carbocycles. The standard InChI is InChI=1S/C14H21NO4S/c1-14(2,3)19-13(18)15-10(6-7-12(16)17)9-11-5-4-8-20-11/h4-5,8,10H,6-7,9H2,1-3H3,(H,15,18)(H,16,17). The number of ether oxygens (including phenoxy) is 1. The molecule has 0 aliphatic carbocycles. The van der Waals surface area contributed by atoms with Crippen molar-refractivity contribution in [2.45, 2.75) is 51.7 Å². The van der Waals surface area contributed by atoms with Crippen LogP contribution < -0.4 is 5.32 Å². The Labute approximate surface area is 123 Å². The summed E-state index contributed by atoms with van der Waals surface area (Å²) in [6, 6.07) is 3.66. The smallest absolute Gasteiger partial charge is 0.407 e. The zero-order valence-electron chi connectivity index (χ0n) is 12.0. The van der Waals surface area contributed by atoms with Gasteiger partial charge >= 0.3 is 12.1 Å². The van der Waals surface area contributed by atoms with Gasteiger partial charge in [0.2, 0.25) is 0 Å². The SMILES string of the molecule is CC(C)(C)OC(=O)NC(CCC(=O)O)Cc1cccs1. The lowest BCUT2D eigenvalue weighted by Crippen LogP contribution is -2.40. The van der Waals surface area contributed by atoms with Crippen molar-refractivity contribution < 1.29 is 19.4 Å². The minimum Gasteiger partial charge on any atom is -0.481 e. The second-order valence-electron chi connectivity index (χ2n) is 5.56. The molecule has 1 aromatic rings. The molecule has 6 heteroatoms. The van der Waals surface area contributed by atoms with Crippen molar-refractivity contribution in [3.63, 3.8) is 0 Å². The van der Waals surface area contributed by atoms with Crippen LogP contribution in [0.4, 0.5) is 4.79 Å². The van der Waals surface area contributed by atoms with Gasteiger partial charge < -0.3 is 15.2 Å². The summed E-state index contributed by atoms with van der Waals surface area (Å²) in [7, 11) is 0. The van der Waals surface area contributed by atoms with Gasteiger partial charge in [0.25, 0.3) is 0 Å². The Morgan fingerprint density at radius 3 is 2.65 bits per heavy atom. The van der Waals surface area contributed by atoms with Gasteiger partial charge in [-0.2, -0.15) is 0 Å². The molecular weight excluding hydrogens is 278 g/mol. The monoisotopic (exact) mass is 299 g/mol. The van der Waals surface area contributed by atoms with E-state index in [9.17, 15) is 9.59 Å². The van der Waals surface area contributed by atoms with E-state index in [4.69, 9.17) is 9.84 Å². The number of carboxylic acids is 1. The number of rotatable bonds is 6. The molecule has 1 rings (SSSR count). The number of carbonyl (C=O) groups excluding carboxylic acids is 1. The molecule has 0 aliphatic rings. The number of nitrogens with one attached hydrogen (secondary N) is 1.